The van der Waals surface area contributed by atoms with E-state index in [9.17, 15) is 0 Å². The predicted octanol–water partition coefficient (Wildman–Crippen LogP) is 11.7. The maximum absolute atomic E-state index is 4.61. The fraction of sp³-hybridized carbons (Fsp3) is 0.346. The van der Waals surface area contributed by atoms with Crippen LogP contribution in [0.15, 0.2) is 117 Å². The smallest absolute Gasteiger partial charge is 0.195 e. The van der Waals surface area contributed by atoms with Crippen LogP contribution in [0.1, 0.15) is 111 Å². The molecule has 9 rings (SSSR count). The molecule has 0 aliphatic heterocycles. The minimum absolute atomic E-state index is 0.0464. The highest BCUT2D eigenvalue weighted by Crippen LogP contribution is 2.29. The molecule has 0 radical (unpaired) electrons. The van der Waals surface area contributed by atoms with Crippen LogP contribution in [0, 0.1) is 6.92 Å². The lowest BCUT2D eigenvalue weighted by molar-refractivity contribution is 0.571. The number of aromatic amines is 1. The normalized spacial score (nSPS) is 11.9. The molecule has 0 unspecified atom stereocenters. The number of imidazole rings is 2. The van der Waals surface area contributed by atoms with E-state index in [1.807, 2.05) is 67.9 Å². The maximum Gasteiger partial charge on any atom is 0.195 e. The van der Waals surface area contributed by atoms with Gasteiger partial charge in [0, 0.05) is 102 Å². The van der Waals surface area contributed by atoms with Gasteiger partial charge in [-0.05, 0) is 65.3 Å². The molecule has 0 fully saturated rings. The van der Waals surface area contributed by atoms with Crippen LogP contribution in [0.3, 0.4) is 0 Å². The molecule has 0 aliphatic carbocycles. The lowest BCUT2D eigenvalue weighted by Crippen LogP contribution is -2.11. The highest BCUT2D eigenvalue weighted by molar-refractivity contribution is 6.02. The molecular formula is C52H62N12. The number of nitrogens with one attached hydrogen (secondary N) is 1. The Kier molecular flexibility index (Phi) is 13.8. The predicted molar refractivity (Wildman–Crippen MR) is 260 cm³/mol. The van der Waals surface area contributed by atoms with Gasteiger partial charge in [-0.1, -0.05) is 101 Å². The standard InChI is InChI=1S/C16H16N2.C13H16N2.C12H16N4.C11H14N4/c1-16(2,3)13-9-12-7-6-11-5-4-8-17-14(11)15(12)18-10-13;1-9-12-10(5-6-14-9)7-11(8-15-12)13(2,3)4;1-12(2,3)9-8-16(4)11(15-9)10-13-6-5-7-14-10;1-11(2,3)8-7-14-10(15-8)9-12-5-4-6-13-9/h4-10H,1-3H3;5-8H,1-4H3;5-8H,1-4H3;4-7H,1-3H3,(H,14,15). The number of hydrogen-bond acceptors (Lipinski definition) is 10. The Hall–Kier alpha value is -6.82. The van der Waals surface area contributed by atoms with Crippen molar-refractivity contribution in [2.24, 2.45) is 7.05 Å². The summed E-state index contributed by atoms with van der Waals surface area (Å²) in [6.07, 6.45) is 18.3. The van der Waals surface area contributed by atoms with Gasteiger partial charge in [0.1, 0.15) is 0 Å². The number of pyridine rings is 4. The average molecular weight is 855 g/mol. The van der Waals surface area contributed by atoms with Gasteiger partial charge in [-0.3, -0.25) is 19.9 Å². The Morgan fingerprint density at radius 1 is 0.469 bits per heavy atom. The molecule has 12 nitrogen and oxygen atoms in total. The van der Waals surface area contributed by atoms with Gasteiger partial charge in [0.2, 0.25) is 0 Å². The molecule has 1 aromatic carbocycles. The minimum atomic E-state index is 0.0464. The summed E-state index contributed by atoms with van der Waals surface area (Å²) in [5.41, 5.74) is 9.02. The van der Waals surface area contributed by atoms with Crippen molar-refractivity contribution in [3.05, 3.63) is 145 Å². The largest absolute Gasteiger partial charge is 0.339 e. The Bertz CT molecular complexity index is 2940. The van der Waals surface area contributed by atoms with Crippen molar-refractivity contribution in [1.82, 2.24) is 59.4 Å². The van der Waals surface area contributed by atoms with Crippen LogP contribution in [-0.4, -0.2) is 59.4 Å². The quantitative estimate of drug-likeness (QED) is 0.166. The van der Waals surface area contributed by atoms with Crippen molar-refractivity contribution in [2.75, 3.05) is 0 Å². The number of nitrogens with zero attached hydrogens (tertiary/aromatic N) is 11. The highest BCUT2D eigenvalue weighted by Gasteiger charge is 2.21. The van der Waals surface area contributed by atoms with Crippen molar-refractivity contribution < 1.29 is 0 Å². The molecule has 12 heteroatoms. The summed E-state index contributed by atoms with van der Waals surface area (Å²) in [6.45, 7) is 28.0. The van der Waals surface area contributed by atoms with E-state index in [-0.39, 0.29) is 21.7 Å². The zero-order valence-corrected chi connectivity index (χ0v) is 39.9. The molecule has 0 saturated carbocycles. The van der Waals surface area contributed by atoms with Gasteiger partial charge in [0.15, 0.2) is 23.3 Å². The minimum Gasteiger partial charge on any atom is -0.339 e. The Balaban J connectivity index is 0.000000142. The van der Waals surface area contributed by atoms with Crippen LogP contribution in [0.25, 0.3) is 56.0 Å². The lowest BCUT2D eigenvalue weighted by Gasteiger charge is -2.18. The zero-order chi connectivity index (χ0) is 46.5. The SMILES string of the molecule is CC(C)(C)c1cnc(-c2ncccn2)[nH]1.CC(C)(C)c1cnc2c(ccc3cccnc32)c1.Cc1nccc2cc(C(C)(C)C)cnc12.Cn1cc(C(C)(C)C)nc1-c1ncccn1. The second-order valence-corrected chi connectivity index (χ2v) is 20.0. The van der Waals surface area contributed by atoms with Gasteiger partial charge < -0.3 is 9.55 Å². The molecule has 8 aromatic heterocycles. The summed E-state index contributed by atoms with van der Waals surface area (Å²) in [5.74, 6) is 2.83. The number of H-pyrrole nitrogens is 1. The monoisotopic (exact) mass is 855 g/mol. The molecule has 0 amide bonds. The number of fused-ring (bicyclic) bond motifs is 4. The first-order chi connectivity index (χ1) is 30.1. The van der Waals surface area contributed by atoms with Crippen LogP contribution in [-0.2, 0) is 28.7 Å². The van der Waals surface area contributed by atoms with Gasteiger partial charge in [-0.2, -0.15) is 0 Å². The summed E-state index contributed by atoms with van der Waals surface area (Å²) in [6, 6.07) is 18.3. The molecule has 0 atom stereocenters. The Morgan fingerprint density at radius 3 is 1.55 bits per heavy atom. The van der Waals surface area contributed by atoms with Crippen molar-refractivity contribution >= 4 is 32.7 Å². The molecule has 0 bridgehead atoms. The number of benzene rings is 1. The third kappa shape index (κ3) is 11.6. The van der Waals surface area contributed by atoms with Crippen molar-refractivity contribution in [1.29, 1.82) is 0 Å². The molecular weight excluding hydrogens is 793 g/mol. The molecule has 9 aromatic rings. The first-order valence-electron chi connectivity index (χ1n) is 21.6. The van der Waals surface area contributed by atoms with E-state index in [0.717, 1.165) is 56.1 Å². The van der Waals surface area contributed by atoms with Crippen LogP contribution in [0.4, 0.5) is 0 Å². The molecule has 64 heavy (non-hydrogen) atoms. The fourth-order valence-corrected chi connectivity index (χ4v) is 6.45. The van der Waals surface area contributed by atoms with Crippen molar-refractivity contribution in [3.63, 3.8) is 0 Å². The molecule has 330 valence electrons. The highest BCUT2D eigenvalue weighted by atomic mass is 15.1. The second kappa shape index (κ2) is 18.9. The fourth-order valence-electron chi connectivity index (χ4n) is 6.45. The van der Waals surface area contributed by atoms with Gasteiger partial charge in [-0.25, -0.2) is 29.9 Å². The third-order valence-electron chi connectivity index (χ3n) is 10.5. The van der Waals surface area contributed by atoms with Crippen LogP contribution in [0.2, 0.25) is 0 Å². The zero-order valence-electron chi connectivity index (χ0n) is 39.9. The second-order valence-electron chi connectivity index (χ2n) is 20.0. The Labute approximate surface area is 377 Å². The summed E-state index contributed by atoms with van der Waals surface area (Å²) in [4.78, 5) is 46.6. The van der Waals surface area contributed by atoms with Gasteiger partial charge in [0.25, 0.3) is 0 Å². The number of aryl methyl sites for hydroxylation is 2. The Morgan fingerprint density at radius 2 is 1.00 bits per heavy atom. The van der Waals surface area contributed by atoms with E-state index in [0.29, 0.717) is 11.6 Å². The third-order valence-corrected chi connectivity index (χ3v) is 10.5. The van der Waals surface area contributed by atoms with Crippen molar-refractivity contribution in [2.45, 2.75) is 112 Å². The van der Waals surface area contributed by atoms with Crippen LogP contribution >= 0.6 is 0 Å². The van der Waals surface area contributed by atoms with Crippen molar-refractivity contribution in [3.8, 4) is 23.3 Å². The molecule has 0 aliphatic rings. The summed E-state index contributed by atoms with van der Waals surface area (Å²) >= 11 is 0. The van der Waals surface area contributed by atoms with Gasteiger partial charge in [-0.15, -0.1) is 0 Å². The summed E-state index contributed by atoms with van der Waals surface area (Å²) in [5, 5.41) is 3.48. The average Bonchev–Trinajstić information content (AvgIpc) is 3.93. The van der Waals surface area contributed by atoms with E-state index in [2.05, 4.69) is 168 Å². The van der Waals surface area contributed by atoms with E-state index in [1.165, 1.54) is 16.5 Å². The molecule has 8 heterocycles. The summed E-state index contributed by atoms with van der Waals surface area (Å²) in [7, 11) is 1.97. The molecule has 0 spiro atoms. The van der Waals surface area contributed by atoms with E-state index in [4.69, 9.17) is 0 Å². The maximum atomic E-state index is 4.61. The lowest BCUT2D eigenvalue weighted by atomic mass is 9.87. The number of hydrogen-bond donors (Lipinski definition) is 1. The molecule has 1 N–H and O–H groups in total. The number of rotatable bonds is 2. The van der Waals surface area contributed by atoms with Crippen LogP contribution in [0.5, 0.6) is 0 Å². The first-order valence-corrected chi connectivity index (χ1v) is 21.6. The van der Waals surface area contributed by atoms with Gasteiger partial charge >= 0.3 is 0 Å². The van der Waals surface area contributed by atoms with Crippen LogP contribution < -0.4 is 0 Å². The van der Waals surface area contributed by atoms with E-state index in [1.54, 1.807) is 36.9 Å². The topological polar surface area (TPSA) is 150 Å². The first kappa shape index (κ1) is 46.7. The van der Waals surface area contributed by atoms with E-state index >= 15 is 0 Å². The number of aromatic nitrogens is 12. The van der Waals surface area contributed by atoms with E-state index < -0.39 is 0 Å². The van der Waals surface area contributed by atoms with Gasteiger partial charge in [0.05, 0.1) is 27.9 Å². The molecule has 0 saturated heterocycles. The summed E-state index contributed by atoms with van der Waals surface area (Å²) < 4.78 is 1.97.